The lowest BCUT2D eigenvalue weighted by Gasteiger charge is -2.31. The number of anilines is 2. The van der Waals surface area contributed by atoms with Crippen LogP contribution in [0.5, 0.6) is 0 Å². The minimum atomic E-state index is -0.685. The number of nitrogens with one attached hydrogen (secondary N) is 2. The minimum absolute atomic E-state index is 0.0324. The molecule has 1 fully saturated rings. The van der Waals surface area contributed by atoms with Crippen LogP contribution in [-0.4, -0.2) is 43.5 Å². The average molecular weight is 519 g/mol. The van der Waals surface area contributed by atoms with Crippen molar-refractivity contribution in [2.24, 2.45) is 5.73 Å². The second-order valence-corrected chi connectivity index (χ2v) is 9.79. The first kappa shape index (κ1) is 25.4. The van der Waals surface area contributed by atoms with Crippen molar-refractivity contribution >= 4 is 52.3 Å². The summed E-state index contributed by atoms with van der Waals surface area (Å²) in [6.07, 6.45) is 3.37. The highest BCUT2D eigenvalue weighted by Crippen LogP contribution is 2.41. The Balaban J connectivity index is 1.68. The first-order chi connectivity index (χ1) is 16.8. The highest BCUT2D eigenvalue weighted by Gasteiger charge is 2.35. The van der Waals surface area contributed by atoms with Gasteiger partial charge in [-0.2, -0.15) is 0 Å². The molecule has 0 aromatic heterocycles. The van der Waals surface area contributed by atoms with Crippen molar-refractivity contribution in [3.05, 3.63) is 57.6 Å². The SMILES string of the molecule is COCC(=O)N1c2ccc(C(=O)NC3CCC(N)CC3)cc2NC(=O)CC1c1ccc(Cl)cc1Cl. The molecule has 0 bridgehead atoms. The molecule has 1 aliphatic carbocycles. The van der Waals surface area contributed by atoms with Crippen LogP contribution in [0.1, 0.15) is 54.1 Å². The van der Waals surface area contributed by atoms with Crippen LogP contribution in [0.2, 0.25) is 10.0 Å². The maximum atomic E-state index is 13.2. The Hall–Kier alpha value is -2.65. The van der Waals surface area contributed by atoms with Crippen LogP contribution in [0, 0.1) is 0 Å². The quantitative estimate of drug-likeness (QED) is 0.552. The van der Waals surface area contributed by atoms with Crippen LogP contribution < -0.4 is 21.3 Å². The van der Waals surface area contributed by atoms with E-state index in [1.54, 1.807) is 36.4 Å². The molecule has 35 heavy (non-hydrogen) atoms. The summed E-state index contributed by atoms with van der Waals surface area (Å²) in [7, 11) is 1.43. The molecule has 3 amide bonds. The van der Waals surface area contributed by atoms with E-state index in [0.717, 1.165) is 25.7 Å². The Labute approximate surface area is 214 Å². The van der Waals surface area contributed by atoms with Gasteiger partial charge in [-0.25, -0.2) is 0 Å². The minimum Gasteiger partial charge on any atom is -0.375 e. The topological polar surface area (TPSA) is 114 Å². The standard InChI is InChI=1S/C25H28Cl2N4O4/c1-35-13-24(33)31-21-9-2-14(25(34)29-17-6-4-16(28)5-7-17)10-20(21)30-23(32)12-22(31)18-8-3-15(26)11-19(18)27/h2-3,8-11,16-17,22H,4-7,12-13,28H2,1H3,(H,29,34)(H,30,32). The lowest BCUT2D eigenvalue weighted by Crippen LogP contribution is -2.40. The van der Waals surface area contributed by atoms with E-state index in [9.17, 15) is 14.4 Å². The molecule has 1 atom stereocenters. The molecule has 1 saturated carbocycles. The van der Waals surface area contributed by atoms with Gasteiger partial charge in [-0.1, -0.05) is 29.3 Å². The van der Waals surface area contributed by atoms with Gasteiger partial charge in [0, 0.05) is 34.8 Å². The molecule has 1 unspecified atom stereocenters. The zero-order valence-electron chi connectivity index (χ0n) is 19.4. The number of methoxy groups -OCH3 is 1. The average Bonchev–Trinajstić information content (AvgIpc) is 2.95. The third-order valence-corrected chi connectivity index (χ3v) is 7.01. The molecule has 4 rings (SSSR count). The zero-order valence-corrected chi connectivity index (χ0v) is 20.9. The van der Waals surface area contributed by atoms with E-state index in [1.165, 1.54) is 12.0 Å². The number of nitrogens with two attached hydrogens (primary N) is 1. The summed E-state index contributed by atoms with van der Waals surface area (Å²) >= 11 is 12.5. The summed E-state index contributed by atoms with van der Waals surface area (Å²) in [6, 6.07) is 9.41. The fourth-order valence-electron chi connectivity index (χ4n) is 4.68. The van der Waals surface area contributed by atoms with Gasteiger partial charge in [-0.15, -0.1) is 0 Å². The van der Waals surface area contributed by atoms with Gasteiger partial charge in [0.2, 0.25) is 5.91 Å². The molecule has 0 saturated heterocycles. The maximum Gasteiger partial charge on any atom is 0.253 e. The van der Waals surface area contributed by atoms with Crippen molar-refractivity contribution in [3.63, 3.8) is 0 Å². The lowest BCUT2D eigenvalue weighted by atomic mass is 9.91. The maximum absolute atomic E-state index is 13.2. The fourth-order valence-corrected chi connectivity index (χ4v) is 5.21. The van der Waals surface area contributed by atoms with Gasteiger partial charge >= 0.3 is 0 Å². The number of ether oxygens (including phenoxy) is 1. The molecule has 0 spiro atoms. The largest absolute Gasteiger partial charge is 0.375 e. The van der Waals surface area contributed by atoms with Gasteiger partial charge < -0.3 is 26.0 Å². The predicted molar refractivity (Wildman–Crippen MR) is 136 cm³/mol. The Kier molecular flexibility index (Phi) is 7.96. The van der Waals surface area contributed by atoms with Crippen LogP contribution >= 0.6 is 23.2 Å². The van der Waals surface area contributed by atoms with E-state index in [4.69, 9.17) is 33.7 Å². The number of benzene rings is 2. The highest BCUT2D eigenvalue weighted by molar-refractivity contribution is 6.35. The van der Waals surface area contributed by atoms with E-state index in [1.807, 2.05) is 0 Å². The lowest BCUT2D eigenvalue weighted by molar-refractivity contribution is -0.122. The van der Waals surface area contributed by atoms with Crippen molar-refractivity contribution in [2.75, 3.05) is 23.9 Å². The molecule has 1 heterocycles. The molecule has 1 aliphatic heterocycles. The van der Waals surface area contributed by atoms with Crippen LogP contribution in [0.25, 0.3) is 0 Å². The fraction of sp³-hybridized carbons (Fsp3) is 0.400. The number of nitrogens with zero attached hydrogens (tertiary/aromatic N) is 1. The summed E-state index contributed by atoms with van der Waals surface area (Å²) in [6.45, 7) is -0.193. The van der Waals surface area contributed by atoms with E-state index >= 15 is 0 Å². The van der Waals surface area contributed by atoms with Crippen molar-refractivity contribution in [3.8, 4) is 0 Å². The molecule has 2 aliphatic rings. The summed E-state index contributed by atoms with van der Waals surface area (Å²) in [5.41, 5.74) is 7.76. The van der Waals surface area contributed by atoms with Gasteiger partial charge in [-0.3, -0.25) is 14.4 Å². The molecule has 0 radical (unpaired) electrons. The Morgan fingerprint density at radius 3 is 2.57 bits per heavy atom. The molecule has 10 heteroatoms. The normalized spacial score (nSPS) is 22.1. The number of rotatable bonds is 5. The summed E-state index contributed by atoms with van der Waals surface area (Å²) < 4.78 is 5.10. The van der Waals surface area contributed by atoms with Crippen LogP contribution in [0.15, 0.2) is 36.4 Å². The number of fused-ring (bicyclic) bond motifs is 1. The number of halogens is 2. The van der Waals surface area contributed by atoms with Crippen molar-refractivity contribution in [1.29, 1.82) is 0 Å². The monoisotopic (exact) mass is 518 g/mol. The highest BCUT2D eigenvalue weighted by atomic mass is 35.5. The van der Waals surface area contributed by atoms with E-state index in [0.29, 0.717) is 32.5 Å². The van der Waals surface area contributed by atoms with Crippen molar-refractivity contribution < 1.29 is 19.1 Å². The molecule has 2 aromatic carbocycles. The summed E-state index contributed by atoms with van der Waals surface area (Å²) in [5.74, 6) is -0.898. The predicted octanol–water partition coefficient (Wildman–Crippen LogP) is 4.06. The van der Waals surface area contributed by atoms with Gasteiger partial charge in [0.1, 0.15) is 6.61 Å². The molecule has 2 aromatic rings. The van der Waals surface area contributed by atoms with Gasteiger partial charge in [0.25, 0.3) is 11.8 Å². The first-order valence-electron chi connectivity index (χ1n) is 11.5. The molecular formula is C25H28Cl2N4O4. The van der Waals surface area contributed by atoms with E-state index in [-0.39, 0.29) is 42.8 Å². The van der Waals surface area contributed by atoms with E-state index < -0.39 is 6.04 Å². The summed E-state index contributed by atoms with van der Waals surface area (Å²) in [5, 5.41) is 6.69. The van der Waals surface area contributed by atoms with E-state index in [2.05, 4.69) is 10.6 Å². The van der Waals surface area contributed by atoms with Gasteiger partial charge in [0.15, 0.2) is 0 Å². The first-order valence-corrected chi connectivity index (χ1v) is 12.3. The second kappa shape index (κ2) is 11.0. The smallest absolute Gasteiger partial charge is 0.253 e. The molecule has 4 N–H and O–H groups in total. The Morgan fingerprint density at radius 1 is 1.14 bits per heavy atom. The summed E-state index contributed by atoms with van der Waals surface area (Å²) in [4.78, 5) is 40.5. The van der Waals surface area contributed by atoms with Gasteiger partial charge in [0.05, 0.1) is 23.8 Å². The number of hydrogen-bond acceptors (Lipinski definition) is 5. The molecule has 8 nitrogen and oxygen atoms in total. The third kappa shape index (κ3) is 5.78. The second-order valence-electron chi connectivity index (χ2n) is 8.95. The zero-order chi connectivity index (χ0) is 25.1. The molecular weight excluding hydrogens is 491 g/mol. The van der Waals surface area contributed by atoms with Crippen molar-refractivity contribution in [2.45, 2.75) is 50.2 Å². The van der Waals surface area contributed by atoms with Crippen LogP contribution in [0.4, 0.5) is 11.4 Å². The van der Waals surface area contributed by atoms with Crippen LogP contribution in [-0.2, 0) is 14.3 Å². The third-order valence-electron chi connectivity index (χ3n) is 6.45. The van der Waals surface area contributed by atoms with Crippen molar-refractivity contribution in [1.82, 2.24) is 5.32 Å². The molecule has 186 valence electrons. The number of carbonyl (C=O) groups is 3. The van der Waals surface area contributed by atoms with Crippen LogP contribution in [0.3, 0.4) is 0 Å². The Bertz CT molecular complexity index is 1130. The number of hydrogen-bond donors (Lipinski definition) is 3. The Morgan fingerprint density at radius 2 is 1.89 bits per heavy atom. The van der Waals surface area contributed by atoms with Gasteiger partial charge in [-0.05, 0) is 61.6 Å². The number of amides is 3. The number of carbonyl (C=O) groups excluding carboxylic acids is 3.